The molecule has 5 atom stereocenters. The minimum Gasteiger partial charge on any atom is -0.460 e. The van der Waals surface area contributed by atoms with Gasteiger partial charge in [0, 0.05) is 31.3 Å². The Bertz CT molecular complexity index is 1250. The van der Waals surface area contributed by atoms with Crippen LogP contribution < -0.4 is 11.1 Å². The van der Waals surface area contributed by atoms with Gasteiger partial charge in [-0.25, -0.2) is 14.6 Å². The maximum Gasteiger partial charge on any atom is 0.404 e. The van der Waals surface area contributed by atoms with Gasteiger partial charge in [0.2, 0.25) is 11.8 Å². The lowest BCUT2D eigenvalue weighted by molar-refractivity contribution is -0.159. The van der Waals surface area contributed by atoms with Crippen molar-refractivity contribution in [2.75, 3.05) is 19.7 Å². The summed E-state index contributed by atoms with van der Waals surface area (Å²) in [4.78, 5) is 68.2. The number of fused-ring (bicyclic) bond motifs is 3. The summed E-state index contributed by atoms with van der Waals surface area (Å²) >= 11 is 0. The van der Waals surface area contributed by atoms with Crippen LogP contribution in [0.5, 0.6) is 0 Å². The molecule has 13 heteroatoms. The minimum atomic E-state index is -1.04. The molecule has 0 spiro atoms. The smallest absolute Gasteiger partial charge is 0.404 e. The number of rotatable bonds is 3. The first-order chi connectivity index (χ1) is 19.9. The number of hydrogen-bond acceptors (Lipinski definition) is 10. The van der Waals surface area contributed by atoms with E-state index in [9.17, 15) is 29.1 Å². The van der Waals surface area contributed by atoms with Crippen LogP contribution in [-0.4, -0.2) is 82.6 Å². The van der Waals surface area contributed by atoms with Crippen molar-refractivity contribution in [1.82, 2.24) is 15.2 Å². The van der Waals surface area contributed by atoms with Crippen LogP contribution in [0.4, 0.5) is 4.79 Å². The highest BCUT2D eigenvalue weighted by atomic mass is 16.6. The summed E-state index contributed by atoms with van der Waals surface area (Å²) in [5.41, 5.74) is 5.75. The van der Waals surface area contributed by atoms with Gasteiger partial charge in [-0.15, -0.1) is 0 Å². The van der Waals surface area contributed by atoms with Crippen molar-refractivity contribution in [2.24, 2.45) is 17.6 Å². The fourth-order valence-electron chi connectivity index (χ4n) is 4.86. The molecule has 1 fully saturated rings. The number of aromatic nitrogens is 1. The number of ether oxygens (including phenoxy) is 2. The molecule has 0 aromatic carbocycles. The number of nitrogens with one attached hydrogen (secondary N) is 1. The van der Waals surface area contributed by atoms with Crippen LogP contribution in [-0.2, 0) is 30.3 Å². The Labute approximate surface area is 243 Å². The predicted molar refractivity (Wildman–Crippen MR) is 149 cm³/mol. The molecule has 2 aliphatic heterocycles. The molecule has 228 valence electrons. The quantitative estimate of drug-likeness (QED) is 0.438. The van der Waals surface area contributed by atoms with Crippen LogP contribution in [0, 0.1) is 11.8 Å². The van der Waals surface area contributed by atoms with Crippen molar-refractivity contribution in [1.29, 1.82) is 0 Å². The van der Waals surface area contributed by atoms with Gasteiger partial charge in [-0.2, -0.15) is 0 Å². The van der Waals surface area contributed by atoms with Gasteiger partial charge in [-0.1, -0.05) is 43.7 Å². The number of aliphatic hydroxyl groups excluding tert-OH is 1. The van der Waals surface area contributed by atoms with E-state index in [4.69, 9.17) is 19.6 Å². The third-order valence-electron chi connectivity index (χ3n) is 6.94. The van der Waals surface area contributed by atoms with Crippen LogP contribution in [0.3, 0.4) is 0 Å². The van der Waals surface area contributed by atoms with Crippen LogP contribution in [0.2, 0.25) is 0 Å². The molecule has 0 saturated carbocycles. The summed E-state index contributed by atoms with van der Waals surface area (Å²) < 4.78 is 16.1. The number of hydrogen-bond donors (Lipinski definition) is 3. The van der Waals surface area contributed by atoms with Gasteiger partial charge < -0.3 is 34.9 Å². The molecule has 0 unspecified atom stereocenters. The first-order valence-corrected chi connectivity index (χ1v) is 13.8. The van der Waals surface area contributed by atoms with E-state index in [1.807, 2.05) is 0 Å². The van der Waals surface area contributed by atoms with E-state index >= 15 is 0 Å². The lowest BCUT2D eigenvalue weighted by atomic mass is 9.93. The van der Waals surface area contributed by atoms with E-state index < -0.39 is 48.1 Å². The highest BCUT2D eigenvalue weighted by Gasteiger charge is 2.39. The first kappa shape index (κ1) is 32.3. The summed E-state index contributed by atoms with van der Waals surface area (Å²) in [5.74, 6) is -2.88. The number of oxazole rings is 1. The third kappa shape index (κ3) is 9.40. The average molecular weight is 587 g/mol. The Kier molecular flexibility index (Phi) is 11.6. The summed E-state index contributed by atoms with van der Waals surface area (Å²) in [7, 11) is 0. The molecule has 3 amide bonds. The number of nitrogens with two attached hydrogens (primary N) is 1. The number of amides is 3. The molecule has 1 saturated heterocycles. The monoisotopic (exact) mass is 586 g/mol. The van der Waals surface area contributed by atoms with E-state index in [0.717, 1.165) is 6.26 Å². The molecule has 3 rings (SSSR count). The molecule has 1 aromatic rings. The zero-order valence-electron chi connectivity index (χ0n) is 24.0. The van der Waals surface area contributed by atoms with Crippen LogP contribution in [0.25, 0.3) is 0 Å². The molecule has 0 radical (unpaired) electrons. The van der Waals surface area contributed by atoms with Gasteiger partial charge in [0.1, 0.15) is 24.2 Å². The summed E-state index contributed by atoms with van der Waals surface area (Å²) in [6.07, 6.45) is 6.63. The maximum absolute atomic E-state index is 13.4. The van der Waals surface area contributed by atoms with E-state index in [2.05, 4.69) is 10.3 Å². The molecule has 1 aromatic heterocycles. The summed E-state index contributed by atoms with van der Waals surface area (Å²) in [5, 5.41) is 13.0. The second-order valence-corrected chi connectivity index (χ2v) is 10.6. The van der Waals surface area contributed by atoms with Crippen LogP contribution in [0.15, 0.2) is 46.6 Å². The fraction of sp³-hybridized carbons (Fsp3) is 0.517. The van der Waals surface area contributed by atoms with Gasteiger partial charge in [-0.3, -0.25) is 14.4 Å². The van der Waals surface area contributed by atoms with E-state index in [1.54, 1.807) is 39.0 Å². The van der Waals surface area contributed by atoms with Crippen molar-refractivity contribution in [2.45, 2.75) is 64.7 Å². The maximum atomic E-state index is 13.4. The second kappa shape index (κ2) is 15.1. The number of Topliss-reactive ketones (excluding diaryl/α,β-unsaturated/α-hetero) is 1. The number of carbonyl (C=O) groups is 5. The lowest BCUT2D eigenvalue weighted by Gasteiger charge is -2.30. The first-order valence-electron chi connectivity index (χ1n) is 13.8. The van der Waals surface area contributed by atoms with E-state index in [0.29, 0.717) is 18.4 Å². The number of carbonyl (C=O) groups excluding carboxylic acids is 5. The number of esters is 1. The summed E-state index contributed by atoms with van der Waals surface area (Å²) in [6, 6.07) is -0.899. The van der Waals surface area contributed by atoms with Gasteiger partial charge >= 0.3 is 12.1 Å². The topological polar surface area (TPSA) is 191 Å². The Morgan fingerprint density at radius 1 is 1.29 bits per heavy atom. The van der Waals surface area contributed by atoms with Crippen LogP contribution in [0.1, 0.15) is 56.4 Å². The zero-order valence-corrected chi connectivity index (χ0v) is 24.0. The van der Waals surface area contributed by atoms with Gasteiger partial charge in [0.25, 0.3) is 5.91 Å². The average Bonchev–Trinajstić information content (AvgIpc) is 3.60. The Morgan fingerprint density at radius 2 is 2.05 bits per heavy atom. The van der Waals surface area contributed by atoms with E-state index in [1.165, 1.54) is 17.1 Å². The van der Waals surface area contributed by atoms with Gasteiger partial charge in [-0.05, 0) is 25.8 Å². The highest BCUT2D eigenvalue weighted by molar-refractivity contribution is 5.95. The lowest BCUT2D eigenvalue weighted by Crippen LogP contribution is -2.44. The highest BCUT2D eigenvalue weighted by Crippen LogP contribution is 2.25. The molecule has 13 nitrogen and oxygen atoms in total. The molecule has 2 bridgehead atoms. The largest absolute Gasteiger partial charge is 0.460 e. The Hall–Kier alpha value is -4.26. The summed E-state index contributed by atoms with van der Waals surface area (Å²) in [6.45, 7) is 5.57. The Morgan fingerprint density at radius 3 is 2.79 bits per heavy atom. The number of allylic oxidation sites excluding steroid dienone is 2. The fourth-order valence-corrected chi connectivity index (χ4v) is 4.86. The third-order valence-corrected chi connectivity index (χ3v) is 6.94. The van der Waals surface area contributed by atoms with Crippen molar-refractivity contribution in [3.63, 3.8) is 0 Å². The second-order valence-electron chi connectivity index (χ2n) is 10.6. The van der Waals surface area contributed by atoms with Gasteiger partial charge in [0.05, 0.1) is 19.1 Å². The van der Waals surface area contributed by atoms with Crippen molar-refractivity contribution in [3.05, 3.63) is 53.8 Å². The molecule has 4 N–H and O–H groups in total. The van der Waals surface area contributed by atoms with Gasteiger partial charge in [0.15, 0.2) is 5.69 Å². The standard InChI is InChI=1S/C29H38N4O9/c1-17-6-4-10-31-24(36)9-8-18(2)26(19(3)15-41-29(30)39)42-28(38)23-7-5-11-33(23)27(37)22-16-40-25(32-22)14-21(35)13-20(34)12-17/h4,6,8-9,12,16,18-20,23,26,34H,5,7,10-11,13-15H2,1-3H3,(H2,30,39)(H,31,36)/b6-4+,9-8+,17-12+/t18-,19+,20-,23-,26+/m1/s1. The molecular weight excluding hydrogens is 548 g/mol. The van der Waals surface area contributed by atoms with Crippen LogP contribution >= 0.6 is 0 Å². The molecule has 0 aliphatic carbocycles. The number of primary amides is 1. The number of cyclic esters (lactones) is 1. The minimum absolute atomic E-state index is 0.0209. The number of aliphatic hydroxyl groups is 1. The van der Waals surface area contributed by atoms with E-state index in [-0.39, 0.29) is 55.8 Å². The zero-order chi connectivity index (χ0) is 30.8. The molecular formula is C29H38N4O9. The molecule has 2 aliphatic rings. The number of ketones is 1. The Balaban J connectivity index is 1.88. The molecule has 42 heavy (non-hydrogen) atoms. The normalized spacial score (nSPS) is 28.5. The molecule has 3 heterocycles. The van der Waals surface area contributed by atoms with Crippen molar-refractivity contribution >= 4 is 29.7 Å². The predicted octanol–water partition coefficient (Wildman–Crippen LogP) is 1.61. The van der Waals surface area contributed by atoms with Crippen molar-refractivity contribution in [3.8, 4) is 0 Å². The number of nitrogens with zero attached hydrogens (tertiary/aromatic N) is 2. The van der Waals surface area contributed by atoms with Crippen molar-refractivity contribution < 1.29 is 43.0 Å². The SMILES string of the molecule is CC1=C\[C@@H](O)CC(=O)Cc2nc(co2)C(=O)N2CCC[C@@H]2C(=O)O[C@H]([C@@H](C)COC(N)=O)[C@H](C)/C=C/C(=O)NC\C=C\1.